The third-order valence-corrected chi connectivity index (χ3v) is 6.27. The second kappa shape index (κ2) is 12.0. The van der Waals surface area contributed by atoms with Crippen LogP contribution >= 0.6 is 0 Å². The van der Waals surface area contributed by atoms with Crippen LogP contribution in [0.1, 0.15) is 17.0 Å². The van der Waals surface area contributed by atoms with Gasteiger partial charge in [-0.05, 0) is 78.2 Å². The van der Waals surface area contributed by atoms with Gasteiger partial charge >= 0.3 is 5.97 Å². The number of nitrogens with zero attached hydrogens (tertiary/aromatic N) is 1. The summed E-state index contributed by atoms with van der Waals surface area (Å²) >= 11 is 0. The maximum Gasteiger partial charge on any atom is 0.335 e. The van der Waals surface area contributed by atoms with Gasteiger partial charge in [-0.2, -0.15) is 0 Å². The molecule has 1 N–H and O–H groups in total. The van der Waals surface area contributed by atoms with Crippen LogP contribution in [0.25, 0.3) is 11.1 Å². The number of anilines is 3. The van der Waals surface area contributed by atoms with Gasteiger partial charge in [0, 0.05) is 23.1 Å². The van der Waals surface area contributed by atoms with Gasteiger partial charge in [0.1, 0.15) is 5.75 Å². The van der Waals surface area contributed by atoms with E-state index >= 15 is 0 Å². The highest BCUT2D eigenvalue weighted by atomic mass is 16.5. The zero-order valence-electron chi connectivity index (χ0n) is 21.2. The number of ketones is 1. The molecule has 0 saturated heterocycles. The van der Waals surface area contributed by atoms with Gasteiger partial charge in [-0.3, -0.25) is 4.79 Å². The first kappa shape index (κ1) is 26.3. The van der Waals surface area contributed by atoms with E-state index in [2.05, 4.69) is 42.3 Å². The first-order chi connectivity index (χ1) is 18.4. The monoisotopic (exact) mass is 503 g/mol. The summed E-state index contributed by atoms with van der Waals surface area (Å²) in [6.45, 7) is 8.73. The quantitative estimate of drug-likeness (QED) is 0.143. The van der Waals surface area contributed by atoms with Crippen molar-refractivity contribution < 1.29 is 19.4 Å². The molecule has 1 atom stereocenters. The molecular weight excluding hydrogens is 474 g/mol. The number of carbonyl (C=O) groups is 2. The van der Waals surface area contributed by atoms with Gasteiger partial charge in [0.25, 0.3) is 0 Å². The molecule has 0 saturated carbocycles. The highest BCUT2D eigenvalue weighted by Crippen LogP contribution is 2.36. The summed E-state index contributed by atoms with van der Waals surface area (Å²) in [7, 11) is 0. The lowest BCUT2D eigenvalue weighted by molar-refractivity contribution is -0.129. The third-order valence-electron chi connectivity index (χ3n) is 6.27. The zero-order valence-corrected chi connectivity index (χ0v) is 21.2. The fourth-order valence-electron chi connectivity index (χ4n) is 4.17. The van der Waals surface area contributed by atoms with Crippen molar-refractivity contribution in [3.63, 3.8) is 0 Å². The molecule has 0 fully saturated rings. The molecule has 38 heavy (non-hydrogen) atoms. The number of esters is 1. The summed E-state index contributed by atoms with van der Waals surface area (Å²) in [5.41, 5.74) is 6.78. The van der Waals surface area contributed by atoms with Gasteiger partial charge < -0.3 is 14.7 Å². The molecule has 0 amide bonds. The lowest BCUT2D eigenvalue weighted by atomic mass is 9.95. The topological polar surface area (TPSA) is 66.8 Å². The molecule has 0 heterocycles. The number of benzene rings is 4. The number of rotatable bonds is 10. The average molecular weight is 504 g/mol. The number of aliphatic hydroxyl groups excluding tert-OH is 1. The minimum atomic E-state index is -0.625. The van der Waals surface area contributed by atoms with Crippen molar-refractivity contribution in [1.29, 1.82) is 0 Å². The fraction of sp³-hybridized carbons (Fsp3) is 0.0909. The van der Waals surface area contributed by atoms with Crippen LogP contribution in [-0.2, 0) is 9.59 Å². The summed E-state index contributed by atoms with van der Waals surface area (Å²) in [5.74, 6) is -0.869. The number of allylic oxidation sites excluding steroid dienone is 1. The van der Waals surface area contributed by atoms with Crippen LogP contribution < -0.4 is 9.64 Å². The van der Waals surface area contributed by atoms with E-state index in [4.69, 9.17) is 4.74 Å². The Morgan fingerprint density at radius 3 is 1.71 bits per heavy atom. The van der Waals surface area contributed by atoms with Crippen molar-refractivity contribution in [3.05, 3.63) is 133 Å². The first-order valence-corrected chi connectivity index (χ1v) is 12.2. The van der Waals surface area contributed by atoms with Crippen LogP contribution in [0.4, 0.5) is 17.1 Å². The SMILES string of the molecule is C=CC(=O)Oc1ccc(-c2ccc(N(c3ccc(C)cc3)c3ccc(C(CO)C(=O)C=C)cc3)cc2)cc1. The molecule has 5 heteroatoms. The Balaban J connectivity index is 1.65. The summed E-state index contributed by atoms with van der Waals surface area (Å²) in [6, 6.07) is 31.4. The maximum atomic E-state index is 12.2. The van der Waals surface area contributed by atoms with Crippen molar-refractivity contribution in [3.8, 4) is 16.9 Å². The van der Waals surface area contributed by atoms with E-state index in [1.807, 2.05) is 67.6 Å². The second-order valence-corrected chi connectivity index (χ2v) is 8.80. The largest absolute Gasteiger partial charge is 0.423 e. The van der Waals surface area contributed by atoms with Crippen LogP contribution in [0, 0.1) is 6.92 Å². The third kappa shape index (κ3) is 5.97. The fourth-order valence-corrected chi connectivity index (χ4v) is 4.17. The van der Waals surface area contributed by atoms with Crippen molar-refractivity contribution >= 4 is 28.8 Å². The molecule has 5 nitrogen and oxygen atoms in total. The normalized spacial score (nSPS) is 11.3. The highest BCUT2D eigenvalue weighted by molar-refractivity contribution is 5.95. The van der Waals surface area contributed by atoms with Gasteiger partial charge in [0.15, 0.2) is 5.78 Å². The molecule has 4 aromatic rings. The van der Waals surface area contributed by atoms with E-state index in [-0.39, 0.29) is 12.4 Å². The molecule has 0 bridgehead atoms. The minimum Gasteiger partial charge on any atom is -0.423 e. The van der Waals surface area contributed by atoms with Gasteiger partial charge in [0.05, 0.1) is 12.5 Å². The zero-order chi connectivity index (χ0) is 27.1. The number of carbonyl (C=O) groups excluding carboxylic acids is 2. The lowest BCUT2D eigenvalue weighted by Gasteiger charge is -2.26. The average Bonchev–Trinajstić information content (AvgIpc) is 2.96. The van der Waals surface area contributed by atoms with E-state index in [1.165, 1.54) is 6.08 Å². The molecule has 0 spiro atoms. The van der Waals surface area contributed by atoms with Crippen molar-refractivity contribution in [2.75, 3.05) is 11.5 Å². The molecule has 1 unspecified atom stereocenters. The van der Waals surface area contributed by atoms with Crippen molar-refractivity contribution in [1.82, 2.24) is 0 Å². The predicted molar refractivity (Wildman–Crippen MR) is 152 cm³/mol. The molecule has 0 aliphatic heterocycles. The van der Waals surface area contributed by atoms with Crippen LogP contribution in [0.3, 0.4) is 0 Å². The molecule has 4 rings (SSSR count). The smallest absolute Gasteiger partial charge is 0.335 e. The molecule has 0 radical (unpaired) electrons. The molecule has 190 valence electrons. The van der Waals surface area contributed by atoms with E-state index in [0.29, 0.717) is 5.75 Å². The van der Waals surface area contributed by atoms with Crippen LogP contribution in [0.5, 0.6) is 5.75 Å². The molecule has 0 aliphatic carbocycles. The highest BCUT2D eigenvalue weighted by Gasteiger charge is 2.18. The standard InChI is InChI=1S/C33H29NO4/c1-4-32(36)31(22-35)26-10-18-29(19-11-26)34(27-14-6-23(3)7-15-27)28-16-8-24(9-17-28)25-12-20-30(21-13-25)38-33(37)5-2/h4-21,31,35H,1-2,22H2,3H3. The van der Waals surface area contributed by atoms with Crippen LogP contribution in [0.15, 0.2) is 122 Å². The van der Waals surface area contributed by atoms with Crippen molar-refractivity contribution in [2.24, 2.45) is 0 Å². The summed E-state index contributed by atoms with van der Waals surface area (Å²) < 4.78 is 5.16. The minimum absolute atomic E-state index is 0.210. The summed E-state index contributed by atoms with van der Waals surface area (Å²) in [6.07, 6.45) is 2.38. The number of aryl methyl sites for hydroxylation is 1. The Kier molecular flexibility index (Phi) is 8.31. The van der Waals surface area contributed by atoms with Crippen LogP contribution in [0.2, 0.25) is 0 Å². The predicted octanol–water partition coefficient (Wildman–Crippen LogP) is 7.05. The van der Waals surface area contributed by atoms with Gasteiger partial charge in [0.2, 0.25) is 0 Å². The first-order valence-electron chi connectivity index (χ1n) is 12.2. The maximum absolute atomic E-state index is 12.2. The van der Waals surface area contributed by atoms with E-state index < -0.39 is 11.9 Å². The van der Waals surface area contributed by atoms with Gasteiger partial charge in [-0.25, -0.2) is 4.79 Å². The van der Waals surface area contributed by atoms with E-state index in [1.54, 1.807) is 12.1 Å². The summed E-state index contributed by atoms with van der Waals surface area (Å²) in [4.78, 5) is 25.7. The Labute approximate surface area is 222 Å². The molecule has 0 aliphatic rings. The number of aliphatic hydroxyl groups is 1. The summed E-state index contributed by atoms with van der Waals surface area (Å²) in [5, 5.41) is 9.72. The number of ether oxygens (including phenoxy) is 1. The second-order valence-electron chi connectivity index (χ2n) is 8.80. The van der Waals surface area contributed by atoms with E-state index in [0.717, 1.165) is 45.4 Å². The van der Waals surface area contributed by atoms with E-state index in [9.17, 15) is 14.7 Å². The number of hydrogen-bond acceptors (Lipinski definition) is 5. The molecule has 0 aromatic heterocycles. The Bertz CT molecular complexity index is 1420. The number of hydrogen-bond donors (Lipinski definition) is 1. The lowest BCUT2D eigenvalue weighted by Crippen LogP contribution is -2.14. The molecule has 4 aromatic carbocycles. The molecular formula is C33H29NO4. The Morgan fingerprint density at radius 1 is 0.763 bits per heavy atom. The van der Waals surface area contributed by atoms with Gasteiger partial charge in [-0.1, -0.05) is 67.3 Å². The van der Waals surface area contributed by atoms with Crippen LogP contribution in [-0.4, -0.2) is 23.5 Å². The Morgan fingerprint density at radius 2 is 1.24 bits per heavy atom. The Hall–Kier alpha value is -4.74. The van der Waals surface area contributed by atoms with Gasteiger partial charge in [-0.15, -0.1) is 0 Å². The van der Waals surface area contributed by atoms with Crippen molar-refractivity contribution in [2.45, 2.75) is 12.8 Å².